The van der Waals surface area contributed by atoms with Gasteiger partial charge >= 0.3 is 5.97 Å². The lowest BCUT2D eigenvalue weighted by Gasteiger charge is -2.28. The van der Waals surface area contributed by atoms with Gasteiger partial charge in [-0.1, -0.05) is 52.4 Å². The molecule has 1 heterocycles. The molecule has 0 amide bonds. The van der Waals surface area contributed by atoms with Crippen LogP contribution in [0.4, 0.5) is 0 Å². The second-order valence-corrected chi connectivity index (χ2v) is 5.74. The summed E-state index contributed by atoms with van der Waals surface area (Å²) in [6.45, 7) is 5.98. The molecule has 1 fully saturated rings. The summed E-state index contributed by atoms with van der Waals surface area (Å²) in [6, 6.07) is -0.0567. The van der Waals surface area contributed by atoms with Gasteiger partial charge < -0.3 is 10.1 Å². The molecule has 1 rings (SSSR count). The second kappa shape index (κ2) is 10.2. The number of hydrogen-bond acceptors (Lipinski definition) is 3. The molecular weight excluding hydrogens is 238 g/mol. The average molecular weight is 269 g/mol. The van der Waals surface area contributed by atoms with Gasteiger partial charge in [-0.2, -0.15) is 0 Å². The van der Waals surface area contributed by atoms with Crippen molar-refractivity contribution in [1.82, 2.24) is 5.32 Å². The molecule has 0 aromatic heterocycles. The number of carbonyl (C=O) groups is 1. The summed E-state index contributed by atoms with van der Waals surface area (Å²) >= 11 is 0. The van der Waals surface area contributed by atoms with E-state index >= 15 is 0 Å². The van der Waals surface area contributed by atoms with E-state index in [0.717, 1.165) is 19.4 Å². The number of esters is 1. The number of nitrogens with one attached hydrogen (secondary N) is 1. The van der Waals surface area contributed by atoms with Crippen molar-refractivity contribution in [2.45, 2.75) is 77.7 Å². The smallest absolute Gasteiger partial charge is 0.323 e. The Hall–Kier alpha value is -0.570. The van der Waals surface area contributed by atoms with Crippen LogP contribution < -0.4 is 5.32 Å². The van der Waals surface area contributed by atoms with Gasteiger partial charge in [0.15, 0.2) is 0 Å². The largest absolute Gasteiger partial charge is 0.465 e. The Kier molecular flexibility index (Phi) is 8.89. The number of rotatable bonds is 9. The van der Waals surface area contributed by atoms with Crippen LogP contribution >= 0.6 is 0 Å². The maximum absolute atomic E-state index is 11.9. The van der Waals surface area contributed by atoms with Crippen molar-refractivity contribution in [3.63, 3.8) is 0 Å². The monoisotopic (exact) mass is 269 g/mol. The molecule has 0 aromatic rings. The molecule has 1 N–H and O–H groups in total. The zero-order chi connectivity index (χ0) is 13.9. The van der Waals surface area contributed by atoms with Crippen molar-refractivity contribution in [2.75, 3.05) is 13.2 Å². The molecule has 0 spiro atoms. The van der Waals surface area contributed by atoms with Gasteiger partial charge in [-0.15, -0.1) is 0 Å². The maximum atomic E-state index is 11.9. The molecule has 3 nitrogen and oxygen atoms in total. The fraction of sp³-hybridized carbons (Fsp3) is 0.938. The Balaban J connectivity index is 2.04. The maximum Gasteiger partial charge on any atom is 0.323 e. The fourth-order valence-corrected chi connectivity index (χ4v) is 2.70. The van der Waals surface area contributed by atoms with Crippen LogP contribution in [0.15, 0.2) is 0 Å². The molecule has 2 atom stereocenters. The van der Waals surface area contributed by atoms with Crippen LogP contribution in [0, 0.1) is 5.92 Å². The van der Waals surface area contributed by atoms with Crippen molar-refractivity contribution < 1.29 is 9.53 Å². The highest BCUT2D eigenvalue weighted by atomic mass is 16.5. The Morgan fingerprint density at radius 2 is 1.89 bits per heavy atom. The van der Waals surface area contributed by atoms with Gasteiger partial charge in [0.1, 0.15) is 6.04 Å². The van der Waals surface area contributed by atoms with Crippen LogP contribution in [-0.4, -0.2) is 25.2 Å². The molecule has 0 radical (unpaired) electrons. The number of piperidine rings is 1. The number of hydrogen-bond donors (Lipinski definition) is 1. The standard InChI is InChI=1S/C16H31NO2/c1-3-5-6-7-8-9-12-19-16(18)15-13-14(4-2)10-11-17-15/h14-15,17H,3-13H2,1-2H3. The number of carbonyl (C=O) groups excluding carboxylic acids is 1. The van der Waals surface area contributed by atoms with Crippen LogP contribution in [0.1, 0.15) is 71.6 Å². The van der Waals surface area contributed by atoms with E-state index in [1.807, 2.05) is 0 Å². The van der Waals surface area contributed by atoms with Crippen molar-refractivity contribution in [3.8, 4) is 0 Å². The minimum atomic E-state index is -0.0567. The number of ether oxygens (including phenoxy) is 1. The Morgan fingerprint density at radius 1 is 1.16 bits per heavy atom. The van der Waals surface area contributed by atoms with E-state index in [9.17, 15) is 4.79 Å². The van der Waals surface area contributed by atoms with E-state index in [1.54, 1.807) is 0 Å². The molecule has 1 saturated heterocycles. The van der Waals surface area contributed by atoms with Gasteiger partial charge in [-0.3, -0.25) is 4.79 Å². The second-order valence-electron chi connectivity index (χ2n) is 5.74. The summed E-state index contributed by atoms with van der Waals surface area (Å²) < 4.78 is 5.38. The molecule has 19 heavy (non-hydrogen) atoms. The van der Waals surface area contributed by atoms with Crippen molar-refractivity contribution >= 4 is 5.97 Å². The predicted molar refractivity (Wildman–Crippen MR) is 79.1 cm³/mol. The van der Waals surface area contributed by atoms with Gasteiger partial charge in [0.25, 0.3) is 0 Å². The first-order chi connectivity index (χ1) is 9.27. The highest BCUT2D eigenvalue weighted by molar-refractivity contribution is 5.75. The lowest BCUT2D eigenvalue weighted by Crippen LogP contribution is -2.44. The fourth-order valence-electron chi connectivity index (χ4n) is 2.70. The molecular formula is C16H31NO2. The van der Waals surface area contributed by atoms with Gasteiger partial charge in [0.2, 0.25) is 0 Å². The van der Waals surface area contributed by atoms with Crippen LogP contribution in [0.5, 0.6) is 0 Å². The number of unbranched alkanes of at least 4 members (excludes halogenated alkanes) is 5. The molecule has 0 aliphatic carbocycles. The zero-order valence-corrected chi connectivity index (χ0v) is 12.7. The van der Waals surface area contributed by atoms with Crippen LogP contribution in [0.3, 0.4) is 0 Å². The SMILES string of the molecule is CCCCCCCCOC(=O)C1CC(CC)CCN1. The Morgan fingerprint density at radius 3 is 2.63 bits per heavy atom. The summed E-state index contributed by atoms with van der Waals surface area (Å²) in [5, 5.41) is 3.28. The molecule has 112 valence electrons. The van der Waals surface area contributed by atoms with E-state index in [-0.39, 0.29) is 12.0 Å². The Labute approximate surface area is 118 Å². The third-order valence-electron chi connectivity index (χ3n) is 4.12. The Bertz CT molecular complexity index is 243. The van der Waals surface area contributed by atoms with E-state index < -0.39 is 0 Å². The van der Waals surface area contributed by atoms with Crippen molar-refractivity contribution in [2.24, 2.45) is 5.92 Å². The van der Waals surface area contributed by atoms with E-state index in [2.05, 4.69) is 19.2 Å². The summed E-state index contributed by atoms with van der Waals surface area (Å²) in [4.78, 5) is 11.9. The summed E-state index contributed by atoms with van der Waals surface area (Å²) in [5.41, 5.74) is 0. The molecule has 0 bridgehead atoms. The van der Waals surface area contributed by atoms with Crippen LogP contribution in [-0.2, 0) is 9.53 Å². The quantitative estimate of drug-likeness (QED) is 0.513. The highest BCUT2D eigenvalue weighted by Crippen LogP contribution is 2.20. The topological polar surface area (TPSA) is 38.3 Å². The van der Waals surface area contributed by atoms with Gasteiger partial charge in [-0.05, 0) is 31.7 Å². The van der Waals surface area contributed by atoms with E-state index in [0.29, 0.717) is 12.5 Å². The predicted octanol–water partition coefficient (Wildman–Crippen LogP) is 3.67. The average Bonchev–Trinajstić information content (AvgIpc) is 2.46. The first-order valence-electron chi connectivity index (χ1n) is 8.18. The van der Waals surface area contributed by atoms with E-state index in [1.165, 1.54) is 44.9 Å². The van der Waals surface area contributed by atoms with Crippen molar-refractivity contribution in [3.05, 3.63) is 0 Å². The minimum absolute atomic E-state index is 0.0355. The molecule has 1 aliphatic rings. The van der Waals surface area contributed by atoms with Gasteiger partial charge in [0, 0.05) is 0 Å². The molecule has 0 aromatic carbocycles. The van der Waals surface area contributed by atoms with Crippen LogP contribution in [0.25, 0.3) is 0 Å². The van der Waals surface area contributed by atoms with Gasteiger partial charge in [0.05, 0.1) is 6.61 Å². The molecule has 1 aliphatic heterocycles. The summed E-state index contributed by atoms with van der Waals surface area (Å²) in [7, 11) is 0. The lowest BCUT2D eigenvalue weighted by atomic mass is 9.90. The summed E-state index contributed by atoms with van der Waals surface area (Å²) in [6.07, 6.45) is 10.7. The first-order valence-corrected chi connectivity index (χ1v) is 8.18. The van der Waals surface area contributed by atoms with Crippen LogP contribution in [0.2, 0.25) is 0 Å². The minimum Gasteiger partial charge on any atom is -0.465 e. The van der Waals surface area contributed by atoms with Crippen molar-refractivity contribution in [1.29, 1.82) is 0 Å². The normalized spacial score (nSPS) is 23.3. The van der Waals surface area contributed by atoms with Gasteiger partial charge in [-0.25, -0.2) is 0 Å². The van der Waals surface area contributed by atoms with E-state index in [4.69, 9.17) is 4.74 Å². The summed E-state index contributed by atoms with van der Waals surface area (Å²) in [5.74, 6) is 0.652. The molecule has 3 heteroatoms. The highest BCUT2D eigenvalue weighted by Gasteiger charge is 2.26. The molecule has 2 unspecified atom stereocenters. The third kappa shape index (κ3) is 6.95. The first kappa shape index (κ1) is 16.5. The lowest BCUT2D eigenvalue weighted by molar-refractivity contribution is -0.147. The third-order valence-corrected chi connectivity index (χ3v) is 4.12. The molecule has 0 saturated carbocycles. The zero-order valence-electron chi connectivity index (χ0n) is 12.7.